The van der Waals surface area contributed by atoms with E-state index in [0.29, 0.717) is 5.41 Å². The van der Waals surface area contributed by atoms with Crippen molar-refractivity contribution in [2.75, 3.05) is 6.61 Å². The molecule has 0 fully saturated rings. The predicted molar refractivity (Wildman–Crippen MR) is 67.5 cm³/mol. The van der Waals surface area contributed by atoms with Crippen LogP contribution in [0.15, 0.2) is 0 Å². The van der Waals surface area contributed by atoms with Crippen molar-refractivity contribution in [2.24, 2.45) is 5.41 Å². The molecule has 0 saturated carbocycles. The van der Waals surface area contributed by atoms with Gasteiger partial charge in [0.1, 0.15) is 0 Å². The number of rotatable bonds is 6. The van der Waals surface area contributed by atoms with Crippen LogP contribution in [0.2, 0.25) is 24.2 Å². The Morgan fingerprint density at radius 3 is 2.14 bits per heavy atom. The Balaban J connectivity index is 3.72. The van der Waals surface area contributed by atoms with E-state index in [-0.39, 0.29) is 0 Å². The summed E-state index contributed by atoms with van der Waals surface area (Å²) in [5.74, 6) is 0. The first-order chi connectivity index (χ1) is 6.27. The van der Waals surface area contributed by atoms with Crippen molar-refractivity contribution < 1.29 is 4.43 Å². The van der Waals surface area contributed by atoms with Crippen molar-refractivity contribution in [3.63, 3.8) is 0 Å². The molecule has 0 amide bonds. The second-order valence-corrected chi connectivity index (χ2v) is 10.2. The average Bonchev–Trinajstić information content (AvgIpc) is 1.93. The van der Waals surface area contributed by atoms with Gasteiger partial charge in [-0.1, -0.05) is 0 Å². The van der Waals surface area contributed by atoms with E-state index in [4.69, 9.17) is 4.43 Å². The van der Waals surface area contributed by atoms with Gasteiger partial charge in [-0.25, -0.2) is 0 Å². The van der Waals surface area contributed by atoms with Gasteiger partial charge in [0.15, 0.2) is 0 Å². The molecule has 14 heavy (non-hydrogen) atoms. The molecule has 0 atom stereocenters. The molecular formula is C11H25LiOSi. The van der Waals surface area contributed by atoms with Crippen LogP contribution in [0.25, 0.3) is 0 Å². The van der Waals surface area contributed by atoms with Crippen LogP contribution >= 0.6 is 0 Å². The molecular weight excluding hydrogens is 183 g/mol. The van der Waals surface area contributed by atoms with Crippen LogP contribution in [0.1, 0.15) is 33.6 Å². The molecule has 0 bridgehead atoms. The van der Waals surface area contributed by atoms with Crippen LogP contribution in [0.3, 0.4) is 0 Å². The topological polar surface area (TPSA) is 9.23 Å². The third-order valence-electron chi connectivity index (χ3n) is 2.20. The van der Waals surface area contributed by atoms with Crippen LogP contribution < -0.4 is 0 Å². The van der Waals surface area contributed by atoms with Crippen LogP contribution in [0.4, 0.5) is 0 Å². The molecule has 0 unspecified atom stereocenters. The van der Waals surface area contributed by atoms with E-state index in [9.17, 15) is 0 Å². The van der Waals surface area contributed by atoms with E-state index in [1.54, 1.807) is 0 Å². The van der Waals surface area contributed by atoms with E-state index in [0.717, 1.165) is 6.61 Å². The van der Waals surface area contributed by atoms with Crippen LogP contribution in [-0.2, 0) is 4.43 Å². The zero-order valence-electron chi connectivity index (χ0n) is 10.9. The Morgan fingerprint density at radius 2 is 1.71 bits per heavy atom. The summed E-state index contributed by atoms with van der Waals surface area (Å²) in [4.78, 5) is 0. The molecule has 0 rings (SSSR count). The summed E-state index contributed by atoms with van der Waals surface area (Å²) in [6.07, 6.45) is 2.54. The van der Waals surface area contributed by atoms with Crippen molar-refractivity contribution in [3.05, 3.63) is 0 Å². The standard InChI is InChI=1S/C11H25OSi.Li/c1-7-8-9-12-13(5,6)10-11(2,3)4;/h1,7-10H2,2-6H3;. The van der Waals surface area contributed by atoms with Gasteiger partial charge in [0, 0.05) is 0 Å². The number of hydrogen-bond acceptors (Lipinski definition) is 1. The Hall–Kier alpha value is 0.774. The molecule has 0 saturated heterocycles. The zero-order valence-corrected chi connectivity index (χ0v) is 11.9. The molecule has 0 aliphatic heterocycles. The monoisotopic (exact) mass is 208 g/mol. The molecule has 0 aromatic heterocycles. The number of unbranched alkanes of at least 4 members (excludes halogenated alkanes) is 1. The van der Waals surface area contributed by atoms with Gasteiger partial charge in [-0.15, -0.1) is 0 Å². The summed E-state index contributed by atoms with van der Waals surface area (Å²) in [5.41, 5.74) is 0.417. The van der Waals surface area contributed by atoms with Crippen molar-refractivity contribution in [3.8, 4) is 0 Å². The molecule has 0 N–H and O–H groups in total. The molecule has 0 aliphatic carbocycles. The molecule has 0 aromatic rings. The maximum absolute atomic E-state index is 6.05. The normalized spacial score (nSPS) is 13.4. The van der Waals surface area contributed by atoms with Crippen molar-refractivity contribution in [1.82, 2.24) is 0 Å². The van der Waals surface area contributed by atoms with E-state index in [1.165, 1.54) is 24.0 Å². The van der Waals surface area contributed by atoms with Gasteiger partial charge < -0.3 is 0 Å². The maximum atomic E-state index is 6.05. The summed E-state index contributed by atoms with van der Waals surface area (Å²) in [6.45, 7) is 12.6. The Morgan fingerprint density at radius 1 is 1.14 bits per heavy atom. The van der Waals surface area contributed by atoms with E-state index in [2.05, 4.69) is 51.6 Å². The molecule has 1 nitrogen and oxygen atoms in total. The van der Waals surface area contributed by atoms with Crippen molar-refractivity contribution in [2.45, 2.75) is 57.8 Å². The second kappa shape index (κ2) is 6.38. The van der Waals surface area contributed by atoms with Gasteiger partial charge in [0.2, 0.25) is 0 Å². The van der Waals surface area contributed by atoms with E-state index in [1.807, 2.05) is 0 Å². The van der Waals surface area contributed by atoms with Gasteiger partial charge in [-0.3, -0.25) is 0 Å². The minimum atomic E-state index is -1.39. The first-order valence-corrected chi connectivity index (χ1v) is 9.02. The molecule has 0 spiro atoms. The van der Waals surface area contributed by atoms with Gasteiger partial charge in [-0.05, 0) is 0 Å². The molecule has 80 valence electrons. The van der Waals surface area contributed by atoms with Crippen molar-refractivity contribution >= 4 is 26.0 Å². The summed E-state index contributed by atoms with van der Waals surface area (Å²) < 4.78 is 6.05. The van der Waals surface area contributed by atoms with E-state index < -0.39 is 8.32 Å². The third kappa shape index (κ3) is 9.33. The van der Waals surface area contributed by atoms with Gasteiger partial charge in [0.25, 0.3) is 0 Å². The second-order valence-electron chi connectivity index (χ2n) is 6.05. The van der Waals surface area contributed by atoms with E-state index >= 15 is 0 Å². The van der Waals surface area contributed by atoms with Crippen LogP contribution in [0.5, 0.6) is 0 Å². The first-order valence-electron chi connectivity index (χ1n) is 5.91. The SMILES string of the molecule is [Li][CH2]CCCO[Si](C)(C)CC(C)(C)C. The van der Waals surface area contributed by atoms with Gasteiger partial charge in [-0.2, -0.15) is 0 Å². The third-order valence-corrected chi connectivity index (χ3v) is 5.09. The summed E-state index contributed by atoms with van der Waals surface area (Å²) in [6, 6.07) is 1.26. The van der Waals surface area contributed by atoms with Gasteiger partial charge >= 0.3 is 100 Å². The molecule has 0 radical (unpaired) electrons. The first kappa shape index (κ1) is 14.8. The summed E-state index contributed by atoms with van der Waals surface area (Å²) in [7, 11) is -1.39. The Labute approximate surface area is 100 Å². The Bertz CT molecular complexity index is 152. The minimum absolute atomic E-state index is 0.417. The number of hydrogen-bond donors (Lipinski definition) is 0. The molecule has 0 aliphatic rings. The average molecular weight is 208 g/mol. The quantitative estimate of drug-likeness (QED) is 0.478. The fourth-order valence-corrected chi connectivity index (χ4v) is 5.38. The molecule has 0 aromatic carbocycles. The zero-order chi connectivity index (χ0) is 11.2. The molecule has 3 heteroatoms. The summed E-state index contributed by atoms with van der Waals surface area (Å²) in [5, 5.41) is 1.28. The molecule has 0 heterocycles. The fourth-order valence-electron chi connectivity index (χ4n) is 2.03. The van der Waals surface area contributed by atoms with Gasteiger partial charge in [0.05, 0.1) is 0 Å². The summed E-state index contributed by atoms with van der Waals surface area (Å²) >= 11 is 2.23. The van der Waals surface area contributed by atoms with Crippen LogP contribution in [-0.4, -0.2) is 32.6 Å². The fraction of sp³-hybridized carbons (Fsp3) is 1.00. The predicted octanol–water partition coefficient (Wildman–Crippen LogP) is 3.62. The van der Waals surface area contributed by atoms with Crippen LogP contribution in [0, 0.1) is 5.41 Å². The Kier molecular flexibility index (Phi) is 6.73. The van der Waals surface area contributed by atoms with Crippen molar-refractivity contribution in [1.29, 1.82) is 0 Å².